The van der Waals surface area contributed by atoms with Crippen molar-refractivity contribution in [2.24, 2.45) is 0 Å². The Balaban J connectivity index is 2.31. The van der Waals surface area contributed by atoms with Gasteiger partial charge in [-0.05, 0) is 30.2 Å². The predicted octanol–water partition coefficient (Wildman–Crippen LogP) is 1.65. The largest absolute Gasteiger partial charge is 0.384 e. The zero-order valence-electron chi connectivity index (χ0n) is 11.6. The fourth-order valence-electron chi connectivity index (χ4n) is 1.88. The van der Waals surface area contributed by atoms with Gasteiger partial charge in [-0.15, -0.1) is 0 Å². The normalized spacial score (nSPS) is 11.3. The number of rotatable bonds is 6. The summed E-state index contributed by atoms with van der Waals surface area (Å²) in [6.07, 6.45) is 2.05. The summed E-state index contributed by atoms with van der Waals surface area (Å²) < 4.78 is 32.3. The van der Waals surface area contributed by atoms with Crippen molar-refractivity contribution >= 4 is 21.5 Å². The molecule has 0 saturated carbocycles. The van der Waals surface area contributed by atoms with Gasteiger partial charge in [0.2, 0.25) is 0 Å². The van der Waals surface area contributed by atoms with E-state index in [1.165, 1.54) is 18.3 Å². The molecule has 112 valence electrons. The number of sulfonamides is 1. The van der Waals surface area contributed by atoms with E-state index in [9.17, 15) is 8.42 Å². The Morgan fingerprint density at radius 2 is 2.00 bits per heavy atom. The smallest absolute Gasteiger partial charge is 0.265 e. The number of para-hydroxylation sites is 1. The highest BCUT2D eigenvalue weighted by Gasteiger charge is 2.19. The summed E-state index contributed by atoms with van der Waals surface area (Å²) in [5, 5.41) is 0. The summed E-state index contributed by atoms with van der Waals surface area (Å²) in [7, 11) is -2.17. The van der Waals surface area contributed by atoms with Crippen LogP contribution in [0, 0.1) is 0 Å². The number of aromatic nitrogens is 1. The van der Waals surface area contributed by atoms with Crippen molar-refractivity contribution in [3.05, 3.63) is 48.2 Å². The van der Waals surface area contributed by atoms with E-state index in [1.807, 2.05) is 12.1 Å². The Bertz CT molecular complexity index is 717. The number of nitrogens with zero attached hydrogens (tertiary/aromatic N) is 1. The van der Waals surface area contributed by atoms with Crippen molar-refractivity contribution in [3.8, 4) is 0 Å². The molecule has 2 rings (SSSR count). The fourth-order valence-corrected chi connectivity index (χ4v) is 3.06. The van der Waals surface area contributed by atoms with Crippen LogP contribution in [-0.4, -0.2) is 27.1 Å². The van der Waals surface area contributed by atoms with Gasteiger partial charge in [0.15, 0.2) is 0 Å². The summed E-state index contributed by atoms with van der Waals surface area (Å²) in [5.74, 6) is -0.0284. The molecule has 0 unspecified atom stereocenters. The quantitative estimate of drug-likeness (QED) is 0.846. The van der Waals surface area contributed by atoms with E-state index in [2.05, 4.69) is 9.71 Å². The third kappa shape index (κ3) is 3.71. The standard InChI is InChI=1S/C14H17N3O3S/c1-20-10-8-11-5-2-3-6-12(11)17-21(18,19)13-7-4-9-16-14(13)15/h2-7,9,17H,8,10H2,1H3,(H2,15,16). The number of methoxy groups -OCH3 is 1. The van der Waals surface area contributed by atoms with Gasteiger partial charge >= 0.3 is 0 Å². The first kappa shape index (κ1) is 15.3. The van der Waals surface area contributed by atoms with Crippen molar-refractivity contribution in [2.75, 3.05) is 24.2 Å². The van der Waals surface area contributed by atoms with Crippen LogP contribution in [0.25, 0.3) is 0 Å². The lowest BCUT2D eigenvalue weighted by atomic mass is 10.1. The van der Waals surface area contributed by atoms with Gasteiger partial charge in [-0.1, -0.05) is 18.2 Å². The molecule has 0 bridgehead atoms. The molecule has 0 aliphatic heterocycles. The number of pyridine rings is 1. The van der Waals surface area contributed by atoms with Gasteiger partial charge in [0, 0.05) is 13.3 Å². The maximum Gasteiger partial charge on any atom is 0.265 e. The highest BCUT2D eigenvalue weighted by molar-refractivity contribution is 7.92. The maximum absolute atomic E-state index is 12.4. The summed E-state index contributed by atoms with van der Waals surface area (Å²) in [4.78, 5) is 3.76. The first-order valence-corrected chi connectivity index (χ1v) is 7.83. The Hall–Kier alpha value is -2.12. The van der Waals surface area contributed by atoms with Gasteiger partial charge in [-0.3, -0.25) is 4.72 Å². The van der Waals surface area contributed by atoms with Gasteiger partial charge < -0.3 is 10.5 Å². The Kier molecular flexibility index (Phi) is 4.77. The first-order chi connectivity index (χ1) is 10.0. The van der Waals surface area contributed by atoms with Gasteiger partial charge in [0.05, 0.1) is 12.3 Å². The Morgan fingerprint density at radius 3 is 2.71 bits per heavy atom. The summed E-state index contributed by atoms with van der Waals surface area (Å²) in [5.41, 5.74) is 6.99. The highest BCUT2D eigenvalue weighted by atomic mass is 32.2. The van der Waals surface area contributed by atoms with Crippen LogP contribution in [0.2, 0.25) is 0 Å². The monoisotopic (exact) mass is 307 g/mol. The predicted molar refractivity (Wildman–Crippen MR) is 81.5 cm³/mol. The fraction of sp³-hybridized carbons (Fsp3) is 0.214. The average molecular weight is 307 g/mol. The molecule has 0 amide bonds. The number of ether oxygens (including phenoxy) is 1. The lowest BCUT2D eigenvalue weighted by Crippen LogP contribution is -2.16. The summed E-state index contributed by atoms with van der Waals surface area (Å²) in [6.45, 7) is 0.508. The Labute approximate surface area is 124 Å². The average Bonchev–Trinajstić information content (AvgIpc) is 2.46. The summed E-state index contributed by atoms with van der Waals surface area (Å²) >= 11 is 0. The molecule has 0 atom stereocenters. The van der Waals surface area contributed by atoms with E-state index in [0.29, 0.717) is 18.7 Å². The molecule has 1 heterocycles. The minimum Gasteiger partial charge on any atom is -0.384 e. The van der Waals surface area contributed by atoms with Crippen molar-refractivity contribution in [1.29, 1.82) is 0 Å². The lowest BCUT2D eigenvalue weighted by Gasteiger charge is -2.13. The Morgan fingerprint density at radius 1 is 1.24 bits per heavy atom. The number of nitrogens with two attached hydrogens (primary N) is 1. The van der Waals surface area contributed by atoms with Crippen LogP contribution < -0.4 is 10.5 Å². The first-order valence-electron chi connectivity index (χ1n) is 6.35. The SMILES string of the molecule is COCCc1ccccc1NS(=O)(=O)c1cccnc1N. The molecule has 1 aromatic heterocycles. The molecule has 21 heavy (non-hydrogen) atoms. The second kappa shape index (κ2) is 6.55. The molecule has 0 aliphatic rings. The molecule has 1 aromatic carbocycles. The molecule has 6 nitrogen and oxygen atoms in total. The zero-order valence-corrected chi connectivity index (χ0v) is 12.4. The molecule has 0 saturated heterocycles. The lowest BCUT2D eigenvalue weighted by molar-refractivity contribution is 0.202. The van der Waals surface area contributed by atoms with Crippen LogP contribution in [-0.2, 0) is 21.2 Å². The minimum atomic E-state index is -3.77. The van der Waals surface area contributed by atoms with Gasteiger partial charge in [0.1, 0.15) is 10.7 Å². The van der Waals surface area contributed by atoms with E-state index in [1.54, 1.807) is 19.2 Å². The van der Waals surface area contributed by atoms with Crippen molar-refractivity contribution in [2.45, 2.75) is 11.3 Å². The van der Waals surface area contributed by atoms with E-state index < -0.39 is 10.0 Å². The van der Waals surface area contributed by atoms with Crippen molar-refractivity contribution < 1.29 is 13.2 Å². The number of hydrogen-bond acceptors (Lipinski definition) is 5. The molecule has 0 radical (unpaired) electrons. The van der Waals surface area contributed by atoms with E-state index >= 15 is 0 Å². The van der Waals surface area contributed by atoms with Gasteiger partial charge in [-0.25, -0.2) is 13.4 Å². The van der Waals surface area contributed by atoms with Crippen molar-refractivity contribution in [3.63, 3.8) is 0 Å². The molecule has 0 spiro atoms. The molecule has 2 aromatic rings. The number of hydrogen-bond donors (Lipinski definition) is 2. The van der Waals surface area contributed by atoms with Crippen LogP contribution in [0.4, 0.5) is 11.5 Å². The minimum absolute atomic E-state index is 0.0284. The van der Waals surface area contributed by atoms with E-state index in [4.69, 9.17) is 10.5 Å². The van der Waals surface area contributed by atoms with Gasteiger partial charge in [-0.2, -0.15) is 0 Å². The van der Waals surface area contributed by atoms with Crippen LogP contribution in [0.5, 0.6) is 0 Å². The molecule has 3 N–H and O–H groups in total. The van der Waals surface area contributed by atoms with Crippen LogP contribution in [0.1, 0.15) is 5.56 Å². The number of nitrogen functional groups attached to an aromatic ring is 1. The van der Waals surface area contributed by atoms with Crippen molar-refractivity contribution in [1.82, 2.24) is 4.98 Å². The second-order valence-electron chi connectivity index (χ2n) is 4.39. The second-order valence-corrected chi connectivity index (χ2v) is 6.04. The highest BCUT2D eigenvalue weighted by Crippen LogP contribution is 2.22. The van der Waals surface area contributed by atoms with E-state index in [-0.39, 0.29) is 10.7 Å². The van der Waals surface area contributed by atoms with Crippen LogP contribution in [0.3, 0.4) is 0 Å². The number of benzene rings is 1. The zero-order chi connectivity index (χ0) is 15.3. The number of anilines is 2. The summed E-state index contributed by atoms with van der Waals surface area (Å²) in [6, 6.07) is 10.1. The third-order valence-corrected chi connectivity index (χ3v) is 4.34. The molecule has 7 heteroatoms. The number of nitrogens with one attached hydrogen (secondary N) is 1. The van der Waals surface area contributed by atoms with E-state index in [0.717, 1.165) is 5.56 Å². The third-order valence-electron chi connectivity index (χ3n) is 2.93. The maximum atomic E-state index is 12.4. The molecule has 0 fully saturated rings. The molecular formula is C14H17N3O3S. The van der Waals surface area contributed by atoms with Crippen LogP contribution >= 0.6 is 0 Å². The molecule has 0 aliphatic carbocycles. The van der Waals surface area contributed by atoms with Gasteiger partial charge in [0.25, 0.3) is 10.0 Å². The molecular weight excluding hydrogens is 290 g/mol. The van der Waals surface area contributed by atoms with Crippen LogP contribution in [0.15, 0.2) is 47.5 Å². The topological polar surface area (TPSA) is 94.3 Å².